The van der Waals surface area contributed by atoms with Gasteiger partial charge in [0.05, 0.1) is 12.4 Å². The number of methoxy groups -OCH3 is 1. The summed E-state index contributed by atoms with van der Waals surface area (Å²) in [4.78, 5) is 69.2. The molecule has 0 aromatic rings. The van der Waals surface area contributed by atoms with Gasteiger partial charge in [-0.3, -0.25) is 28.3 Å². The number of thioether (sulfide) groups is 1. The number of amides is 2. The molecule has 0 bridgehead atoms. The lowest BCUT2D eigenvalue weighted by Gasteiger charge is -2.49. The van der Waals surface area contributed by atoms with Gasteiger partial charge in [0.2, 0.25) is 17.8 Å². The molecule has 17 heteroatoms. The zero-order chi connectivity index (χ0) is 30.0. The van der Waals surface area contributed by atoms with Crippen molar-refractivity contribution >= 4 is 57.1 Å². The average molecular weight is 608 g/mol. The molecular weight excluding hydrogens is 574 g/mol. The van der Waals surface area contributed by atoms with Crippen molar-refractivity contribution < 1.29 is 55.6 Å². The molecule has 0 aromatic carbocycles. The lowest BCUT2D eigenvalue weighted by atomic mass is 10.0. The summed E-state index contributed by atoms with van der Waals surface area (Å²) in [6, 6.07) is -1.16. The summed E-state index contributed by atoms with van der Waals surface area (Å²) in [5.41, 5.74) is -0.447. The Hall–Kier alpha value is -3.02. The van der Waals surface area contributed by atoms with Crippen LogP contribution in [-0.4, -0.2) is 105 Å². The number of nitrogens with zero attached hydrogens (tertiary/aromatic N) is 2. The zero-order valence-corrected chi connectivity index (χ0v) is 24.4. The Balaban J connectivity index is 2.18. The molecule has 0 aromatic heterocycles. The molecule has 1 fully saturated rings. The van der Waals surface area contributed by atoms with Crippen LogP contribution in [0.15, 0.2) is 16.4 Å². The van der Waals surface area contributed by atoms with Gasteiger partial charge in [-0.2, -0.15) is 8.42 Å². The molecule has 0 aliphatic carbocycles. The normalized spacial score (nSPS) is 19.8. The lowest BCUT2D eigenvalue weighted by molar-refractivity contribution is -0.184. The lowest BCUT2D eigenvalue weighted by Crippen LogP contribution is -2.71. The first-order valence-corrected chi connectivity index (χ1v) is 15.0. The first-order chi connectivity index (χ1) is 18.9. The number of carbonyl (C=O) groups is 5. The summed E-state index contributed by atoms with van der Waals surface area (Å²) >= 11 is 1.23. The highest BCUT2D eigenvalue weighted by Gasteiger charge is 2.55. The minimum Gasteiger partial charge on any atom is -0.425 e. The summed E-state index contributed by atoms with van der Waals surface area (Å²) in [7, 11) is -2.57. The first kappa shape index (κ1) is 33.2. The van der Waals surface area contributed by atoms with Crippen molar-refractivity contribution in [3.05, 3.63) is 11.3 Å². The second-order valence-electron chi connectivity index (χ2n) is 8.35. The largest absolute Gasteiger partial charge is 0.425 e. The third-order valence-electron chi connectivity index (χ3n) is 5.36. The summed E-state index contributed by atoms with van der Waals surface area (Å²) < 4.78 is 43.2. The SMILES string of the molecule is CCCC(=O)OC(C)OC(=O)C1=C(COC)CS[C@@H]2C(NC(=O)C(=NOCC)C(=O)COS(=O)(=O)CC)C(=O)N12. The monoisotopic (exact) mass is 607 g/mol. The molecule has 3 atom stereocenters. The van der Waals surface area contributed by atoms with Gasteiger partial charge in [-0.25, -0.2) is 4.79 Å². The average Bonchev–Trinajstić information content (AvgIpc) is 2.90. The van der Waals surface area contributed by atoms with Gasteiger partial charge in [0.15, 0.2) is 0 Å². The van der Waals surface area contributed by atoms with Crippen molar-refractivity contribution in [2.45, 2.75) is 58.2 Å². The van der Waals surface area contributed by atoms with E-state index in [0.29, 0.717) is 12.0 Å². The van der Waals surface area contributed by atoms with E-state index < -0.39 is 69.7 Å². The molecule has 2 aliphatic rings. The van der Waals surface area contributed by atoms with E-state index in [9.17, 15) is 32.4 Å². The van der Waals surface area contributed by atoms with Gasteiger partial charge >= 0.3 is 11.9 Å². The number of hydrogen-bond acceptors (Lipinski definition) is 14. The summed E-state index contributed by atoms with van der Waals surface area (Å²) in [5, 5.41) is 5.10. The highest BCUT2D eigenvalue weighted by molar-refractivity contribution is 8.00. The Kier molecular flexibility index (Phi) is 12.5. The molecule has 0 spiro atoms. The standard InChI is InChI=1S/C23H33N3O12S2/c1-6-9-16(28)37-13(4)38-23(31)19-14(10-34-5)12-39-22-18(21(30)26(19)22)24-20(29)17(25-35-7-2)15(27)11-36-40(32,33)8-3/h13,18,22H,6-12H2,1-5H3,(H,24,29)/t13?,18?,22-/m1/s1. The molecule has 2 aliphatic heterocycles. The number of nitrogens with one attached hydrogen (secondary N) is 1. The molecule has 40 heavy (non-hydrogen) atoms. The van der Waals surface area contributed by atoms with Gasteiger partial charge in [0.1, 0.15) is 30.3 Å². The molecule has 2 rings (SSSR count). The van der Waals surface area contributed by atoms with Crippen LogP contribution in [0.25, 0.3) is 0 Å². The van der Waals surface area contributed by atoms with Gasteiger partial charge in [-0.05, 0) is 25.8 Å². The molecule has 2 amide bonds. The zero-order valence-electron chi connectivity index (χ0n) is 22.8. The summed E-state index contributed by atoms with van der Waals surface area (Å²) in [5.74, 6) is -4.48. The molecule has 0 radical (unpaired) electrons. The molecule has 224 valence electrons. The van der Waals surface area contributed by atoms with Crippen LogP contribution >= 0.6 is 11.8 Å². The van der Waals surface area contributed by atoms with E-state index in [1.807, 2.05) is 0 Å². The number of hydrogen-bond donors (Lipinski definition) is 1. The van der Waals surface area contributed by atoms with E-state index in [1.165, 1.54) is 32.7 Å². The number of fused-ring (bicyclic) bond motifs is 1. The molecule has 1 N–H and O–H groups in total. The van der Waals surface area contributed by atoms with Gasteiger partial charge in [-0.15, -0.1) is 11.8 Å². The maximum Gasteiger partial charge on any atom is 0.358 e. The maximum absolute atomic E-state index is 13.1. The third-order valence-corrected chi connectivity index (χ3v) is 7.88. The van der Waals surface area contributed by atoms with Crippen LogP contribution in [-0.2, 0) is 57.3 Å². The molecular formula is C23H33N3O12S2. The number of Topliss-reactive ketones (excluding diaryl/α,β-unsaturated/α-hetero) is 1. The smallest absolute Gasteiger partial charge is 0.358 e. The Morgan fingerprint density at radius 3 is 2.48 bits per heavy atom. The predicted molar refractivity (Wildman–Crippen MR) is 140 cm³/mol. The van der Waals surface area contributed by atoms with Crippen LogP contribution in [0.5, 0.6) is 0 Å². The van der Waals surface area contributed by atoms with Crippen LogP contribution in [0, 0.1) is 0 Å². The van der Waals surface area contributed by atoms with E-state index in [2.05, 4.69) is 14.7 Å². The number of oxime groups is 1. The van der Waals surface area contributed by atoms with Crippen LogP contribution in [0.3, 0.4) is 0 Å². The molecule has 1 saturated heterocycles. The van der Waals surface area contributed by atoms with E-state index in [1.54, 1.807) is 13.8 Å². The Morgan fingerprint density at radius 1 is 1.18 bits per heavy atom. The fourth-order valence-corrected chi connectivity index (χ4v) is 5.27. The number of esters is 2. The third kappa shape index (κ3) is 8.49. The summed E-state index contributed by atoms with van der Waals surface area (Å²) in [6.07, 6.45) is -0.531. The number of β-lactam (4-membered cyclic amide) rings is 1. The van der Waals surface area contributed by atoms with Crippen molar-refractivity contribution in [3.8, 4) is 0 Å². The Morgan fingerprint density at radius 2 is 1.88 bits per heavy atom. The second kappa shape index (κ2) is 15.1. The molecule has 2 unspecified atom stereocenters. The number of carbonyl (C=O) groups excluding carboxylic acids is 5. The van der Waals surface area contributed by atoms with Crippen LogP contribution in [0.4, 0.5) is 0 Å². The maximum atomic E-state index is 13.1. The van der Waals surface area contributed by atoms with Gasteiger partial charge in [-0.1, -0.05) is 12.1 Å². The number of rotatable bonds is 16. The van der Waals surface area contributed by atoms with E-state index in [4.69, 9.17) is 19.0 Å². The van der Waals surface area contributed by atoms with E-state index in [0.717, 1.165) is 4.90 Å². The fourth-order valence-electron chi connectivity index (χ4n) is 3.49. The number of ether oxygens (including phenoxy) is 3. The minimum atomic E-state index is -3.98. The molecule has 2 heterocycles. The van der Waals surface area contributed by atoms with Crippen molar-refractivity contribution in [3.63, 3.8) is 0 Å². The fraction of sp³-hybridized carbons (Fsp3) is 0.652. The number of ketones is 1. The van der Waals surface area contributed by atoms with E-state index in [-0.39, 0.29) is 36.8 Å². The molecule has 15 nitrogen and oxygen atoms in total. The topological polar surface area (TPSA) is 193 Å². The highest BCUT2D eigenvalue weighted by Crippen LogP contribution is 2.40. The Labute approximate surface area is 236 Å². The van der Waals surface area contributed by atoms with Crippen LogP contribution in [0.2, 0.25) is 0 Å². The van der Waals surface area contributed by atoms with Crippen molar-refractivity contribution in [2.75, 3.05) is 38.4 Å². The summed E-state index contributed by atoms with van der Waals surface area (Å²) in [6.45, 7) is 5.03. The highest BCUT2D eigenvalue weighted by atomic mass is 32.2. The second-order valence-corrected chi connectivity index (χ2v) is 11.4. The van der Waals surface area contributed by atoms with Crippen LogP contribution < -0.4 is 5.32 Å². The van der Waals surface area contributed by atoms with E-state index >= 15 is 0 Å². The quantitative estimate of drug-likeness (QED) is 0.0463. The van der Waals surface area contributed by atoms with Crippen LogP contribution in [0.1, 0.15) is 40.5 Å². The molecule has 0 saturated carbocycles. The van der Waals surface area contributed by atoms with Crippen molar-refractivity contribution in [1.82, 2.24) is 10.2 Å². The van der Waals surface area contributed by atoms with Crippen molar-refractivity contribution in [2.24, 2.45) is 5.16 Å². The minimum absolute atomic E-state index is 0.00247. The Bertz CT molecular complexity index is 1170. The van der Waals surface area contributed by atoms with Gasteiger partial charge in [0, 0.05) is 26.2 Å². The first-order valence-electron chi connectivity index (χ1n) is 12.4. The van der Waals surface area contributed by atoms with Crippen molar-refractivity contribution in [1.29, 1.82) is 0 Å². The van der Waals surface area contributed by atoms with Gasteiger partial charge < -0.3 is 24.4 Å². The predicted octanol–water partition coefficient (Wildman–Crippen LogP) is -0.153. The van der Waals surface area contributed by atoms with Gasteiger partial charge in [0.25, 0.3) is 21.9 Å².